The molecule has 0 radical (unpaired) electrons. The summed E-state index contributed by atoms with van der Waals surface area (Å²) in [6.45, 7) is 2.74. The van der Waals surface area contributed by atoms with Crippen molar-refractivity contribution in [1.29, 1.82) is 0 Å². The molecule has 29 heavy (non-hydrogen) atoms. The Bertz CT molecular complexity index is 1050. The number of amides is 1. The molecule has 0 aliphatic heterocycles. The van der Waals surface area contributed by atoms with Crippen LogP contribution in [-0.4, -0.2) is 37.6 Å². The molecule has 1 heterocycles. The van der Waals surface area contributed by atoms with E-state index in [0.717, 1.165) is 20.9 Å². The molecule has 1 amide bonds. The van der Waals surface area contributed by atoms with E-state index in [4.69, 9.17) is 14.2 Å². The van der Waals surface area contributed by atoms with Gasteiger partial charge in [-0.25, -0.2) is 0 Å². The first kappa shape index (κ1) is 21.3. The normalized spacial score (nSPS) is 11.7. The lowest BCUT2D eigenvalue weighted by atomic mass is 10.3. The number of fused-ring (bicyclic) bond motifs is 1. The molecule has 0 bridgehead atoms. The van der Waals surface area contributed by atoms with E-state index in [1.54, 1.807) is 33.1 Å². The van der Waals surface area contributed by atoms with Crippen molar-refractivity contribution in [2.24, 2.45) is 4.99 Å². The zero-order valence-corrected chi connectivity index (χ0v) is 18.6. The highest BCUT2D eigenvalue weighted by molar-refractivity contribution is 7.99. The third kappa shape index (κ3) is 4.94. The van der Waals surface area contributed by atoms with E-state index < -0.39 is 0 Å². The Morgan fingerprint density at radius 2 is 1.76 bits per heavy atom. The van der Waals surface area contributed by atoms with Crippen molar-refractivity contribution >= 4 is 39.2 Å². The van der Waals surface area contributed by atoms with E-state index in [-0.39, 0.29) is 5.91 Å². The lowest BCUT2D eigenvalue weighted by Crippen LogP contribution is -2.16. The topological polar surface area (TPSA) is 62.1 Å². The fraction of sp³-hybridized carbons (Fsp3) is 0.333. The summed E-state index contributed by atoms with van der Waals surface area (Å²) in [6, 6.07) is 11.7. The van der Waals surface area contributed by atoms with Crippen molar-refractivity contribution in [3.05, 3.63) is 41.2 Å². The van der Waals surface area contributed by atoms with E-state index >= 15 is 0 Å². The molecule has 3 rings (SSSR count). The zero-order chi connectivity index (χ0) is 20.8. The second-order valence-corrected chi connectivity index (χ2v) is 8.26. The number of thiazole rings is 1. The maximum Gasteiger partial charge on any atom is 0.249 e. The molecule has 0 atom stereocenters. The number of carbonyl (C=O) groups is 1. The third-order valence-corrected chi connectivity index (χ3v) is 6.42. The second-order valence-electron chi connectivity index (χ2n) is 6.08. The van der Waals surface area contributed by atoms with Crippen LogP contribution in [0.15, 0.2) is 46.3 Å². The number of benzene rings is 2. The van der Waals surface area contributed by atoms with Crippen LogP contribution in [0.3, 0.4) is 0 Å². The fourth-order valence-electron chi connectivity index (χ4n) is 2.88. The molecule has 0 saturated heterocycles. The maximum atomic E-state index is 12.4. The van der Waals surface area contributed by atoms with Crippen LogP contribution in [0.1, 0.15) is 13.3 Å². The van der Waals surface area contributed by atoms with Crippen molar-refractivity contribution in [3.8, 4) is 17.2 Å². The van der Waals surface area contributed by atoms with Crippen molar-refractivity contribution in [1.82, 2.24) is 4.57 Å². The molecular formula is C21H24N2O4S2. The van der Waals surface area contributed by atoms with Crippen LogP contribution in [-0.2, 0) is 11.3 Å². The lowest BCUT2D eigenvalue weighted by molar-refractivity contribution is -0.117. The molecule has 8 heteroatoms. The highest BCUT2D eigenvalue weighted by Crippen LogP contribution is 2.33. The van der Waals surface area contributed by atoms with Gasteiger partial charge in [0.2, 0.25) is 5.91 Å². The van der Waals surface area contributed by atoms with Crippen molar-refractivity contribution in [2.75, 3.05) is 27.1 Å². The Morgan fingerprint density at radius 3 is 2.38 bits per heavy atom. The second kappa shape index (κ2) is 9.84. The van der Waals surface area contributed by atoms with Crippen LogP contribution in [0.5, 0.6) is 17.2 Å². The monoisotopic (exact) mass is 432 g/mol. The van der Waals surface area contributed by atoms with Crippen molar-refractivity contribution < 1.29 is 19.0 Å². The minimum atomic E-state index is -0.126. The van der Waals surface area contributed by atoms with E-state index in [1.165, 1.54) is 11.3 Å². The predicted octanol–water partition coefficient (Wildman–Crippen LogP) is 4.36. The van der Waals surface area contributed by atoms with Gasteiger partial charge in [-0.2, -0.15) is 4.99 Å². The van der Waals surface area contributed by atoms with E-state index in [0.29, 0.717) is 35.0 Å². The number of methoxy groups -OCH3 is 3. The summed E-state index contributed by atoms with van der Waals surface area (Å²) in [5.41, 5.74) is 0.981. The van der Waals surface area contributed by atoms with Gasteiger partial charge in [0.1, 0.15) is 5.75 Å². The van der Waals surface area contributed by atoms with Crippen molar-refractivity contribution in [2.45, 2.75) is 24.8 Å². The SMILES string of the molecule is CCn1c(=NC(=O)CCSc2ccc(OC)cc2)sc2cc(OC)c(OC)cc21. The van der Waals surface area contributed by atoms with Crippen molar-refractivity contribution in [3.63, 3.8) is 0 Å². The summed E-state index contributed by atoms with van der Waals surface area (Å²) in [6.07, 6.45) is 0.376. The van der Waals surface area contributed by atoms with Gasteiger partial charge in [-0.1, -0.05) is 11.3 Å². The van der Waals surface area contributed by atoms with Gasteiger partial charge in [0.25, 0.3) is 0 Å². The van der Waals surface area contributed by atoms with Gasteiger partial charge in [0.05, 0.1) is 31.5 Å². The van der Waals surface area contributed by atoms with Gasteiger partial charge in [-0.15, -0.1) is 11.8 Å². The molecule has 0 unspecified atom stereocenters. The van der Waals surface area contributed by atoms with E-state index in [9.17, 15) is 4.79 Å². The number of thioether (sulfide) groups is 1. The number of rotatable bonds is 8. The van der Waals surface area contributed by atoms with Gasteiger partial charge in [0.15, 0.2) is 16.3 Å². The summed E-state index contributed by atoms with van der Waals surface area (Å²) in [5.74, 6) is 2.70. The molecule has 0 fully saturated rings. The molecule has 0 aliphatic carbocycles. The Kier molecular flexibility index (Phi) is 7.22. The highest BCUT2D eigenvalue weighted by Gasteiger charge is 2.12. The maximum absolute atomic E-state index is 12.4. The smallest absolute Gasteiger partial charge is 0.249 e. The van der Waals surface area contributed by atoms with Gasteiger partial charge >= 0.3 is 0 Å². The first-order valence-corrected chi connectivity index (χ1v) is 11.0. The van der Waals surface area contributed by atoms with Crippen LogP contribution < -0.4 is 19.0 Å². The van der Waals surface area contributed by atoms with Crippen LogP contribution in [0, 0.1) is 0 Å². The molecule has 2 aromatic carbocycles. The quantitative estimate of drug-likeness (QED) is 0.495. The average Bonchev–Trinajstić information content (AvgIpc) is 3.08. The average molecular weight is 433 g/mol. The molecular weight excluding hydrogens is 408 g/mol. The molecule has 0 spiro atoms. The number of nitrogens with zero attached hydrogens (tertiary/aromatic N) is 2. The third-order valence-electron chi connectivity index (χ3n) is 4.37. The Balaban J connectivity index is 1.76. The van der Waals surface area contributed by atoms with E-state index in [2.05, 4.69) is 4.99 Å². The van der Waals surface area contributed by atoms with Crippen LogP contribution in [0.25, 0.3) is 10.2 Å². The fourth-order valence-corrected chi connectivity index (χ4v) is 4.84. The van der Waals surface area contributed by atoms with Gasteiger partial charge in [0, 0.05) is 35.7 Å². The summed E-state index contributed by atoms with van der Waals surface area (Å²) >= 11 is 3.11. The molecule has 6 nitrogen and oxygen atoms in total. The van der Waals surface area contributed by atoms with Gasteiger partial charge in [-0.05, 0) is 31.2 Å². The number of aromatic nitrogens is 1. The number of aryl methyl sites for hydroxylation is 1. The molecule has 0 aliphatic rings. The number of ether oxygens (including phenoxy) is 3. The Morgan fingerprint density at radius 1 is 1.07 bits per heavy atom. The largest absolute Gasteiger partial charge is 0.497 e. The summed E-state index contributed by atoms with van der Waals surface area (Å²) in [4.78, 5) is 18.6. The number of carbonyl (C=O) groups excluding carboxylic acids is 1. The molecule has 3 aromatic rings. The van der Waals surface area contributed by atoms with Crippen LogP contribution in [0.4, 0.5) is 0 Å². The van der Waals surface area contributed by atoms with E-state index in [1.807, 2.05) is 47.9 Å². The van der Waals surface area contributed by atoms with Gasteiger partial charge < -0.3 is 18.8 Å². The molecule has 0 saturated carbocycles. The zero-order valence-electron chi connectivity index (χ0n) is 16.9. The summed E-state index contributed by atoms with van der Waals surface area (Å²) in [5, 5.41) is 0. The first-order valence-electron chi connectivity index (χ1n) is 9.19. The molecule has 0 N–H and O–H groups in total. The molecule has 1 aromatic heterocycles. The summed E-state index contributed by atoms with van der Waals surface area (Å²) < 4.78 is 19.0. The summed E-state index contributed by atoms with van der Waals surface area (Å²) in [7, 11) is 4.87. The molecule has 154 valence electrons. The van der Waals surface area contributed by atoms with Crippen LogP contribution in [0.2, 0.25) is 0 Å². The predicted molar refractivity (Wildman–Crippen MR) is 117 cm³/mol. The number of hydrogen-bond acceptors (Lipinski definition) is 6. The minimum absolute atomic E-state index is 0.126. The standard InChI is InChI=1S/C21H24N2O4S2/c1-5-23-16-12-17(26-3)18(27-4)13-19(16)29-21(23)22-20(24)10-11-28-15-8-6-14(25-2)7-9-15/h6-9,12-13H,5,10-11H2,1-4H3. The lowest BCUT2D eigenvalue weighted by Gasteiger charge is -2.08. The highest BCUT2D eigenvalue weighted by atomic mass is 32.2. The van der Waals surface area contributed by atoms with Crippen LogP contribution >= 0.6 is 23.1 Å². The Labute approximate surface area is 178 Å². The first-order chi connectivity index (χ1) is 14.1. The minimum Gasteiger partial charge on any atom is -0.497 e. The number of hydrogen-bond donors (Lipinski definition) is 0. The van der Waals surface area contributed by atoms with Gasteiger partial charge in [-0.3, -0.25) is 4.79 Å². The Hall–Kier alpha value is -2.45.